The second-order valence-corrected chi connectivity index (χ2v) is 8.19. The highest BCUT2D eigenvalue weighted by Crippen LogP contribution is 2.37. The van der Waals surface area contributed by atoms with Crippen molar-refractivity contribution in [3.05, 3.63) is 36.3 Å². The average molecular weight is 342 g/mol. The van der Waals surface area contributed by atoms with Crippen molar-refractivity contribution in [2.45, 2.75) is 58.3 Å². The molecule has 0 N–H and O–H groups in total. The predicted molar refractivity (Wildman–Crippen MR) is 96.1 cm³/mol. The Morgan fingerprint density at radius 3 is 2.28 bits per heavy atom. The van der Waals surface area contributed by atoms with Gasteiger partial charge < -0.3 is 9.31 Å². The van der Waals surface area contributed by atoms with Crippen LogP contribution in [0.3, 0.4) is 0 Å². The van der Waals surface area contributed by atoms with Crippen molar-refractivity contribution in [1.29, 1.82) is 0 Å². The second kappa shape index (κ2) is 5.68. The molecular formula is C19H24BFN2O2. The van der Waals surface area contributed by atoms with Crippen LogP contribution in [0, 0.1) is 11.7 Å². The molecule has 1 saturated carbocycles. The summed E-state index contributed by atoms with van der Waals surface area (Å²) in [4.78, 5) is 0. The molecule has 0 amide bonds. The van der Waals surface area contributed by atoms with Crippen molar-refractivity contribution in [3.8, 4) is 11.3 Å². The number of hydrogen-bond donors (Lipinski definition) is 0. The molecular weight excluding hydrogens is 318 g/mol. The molecule has 0 atom stereocenters. The van der Waals surface area contributed by atoms with Gasteiger partial charge in [0.25, 0.3) is 0 Å². The van der Waals surface area contributed by atoms with Gasteiger partial charge in [0.15, 0.2) is 0 Å². The van der Waals surface area contributed by atoms with Gasteiger partial charge in [0.2, 0.25) is 0 Å². The average Bonchev–Trinajstić information content (AvgIpc) is 3.18. The molecule has 0 bridgehead atoms. The third-order valence-corrected chi connectivity index (χ3v) is 5.56. The van der Waals surface area contributed by atoms with Crippen molar-refractivity contribution in [2.75, 3.05) is 0 Å². The van der Waals surface area contributed by atoms with Gasteiger partial charge in [-0.1, -0.05) is 0 Å². The normalized spacial score (nSPS) is 21.7. The van der Waals surface area contributed by atoms with Gasteiger partial charge in [-0.2, -0.15) is 5.10 Å². The fraction of sp³-hybridized carbons (Fsp3) is 0.526. The highest BCUT2D eigenvalue weighted by atomic mass is 19.1. The van der Waals surface area contributed by atoms with Crippen molar-refractivity contribution in [1.82, 2.24) is 9.78 Å². The first kappa shape index (κ1) is 16.8. The van der Waals surface area contributed by atoms with Crippen LogP contribution in [-0.4, -0.2) is 28.1 Å². The zero-order chi connectivity index (χ0) is 17.8. The molecule has 2 heterocycles. The predicted octanol–water partition coefficient (Wildman–Crippen LogP) is 3.40. The lowest BCUT2D eigenvalue weighted by Crippen LogP contribution is -2.41. The Bertz CT molecular complexity index is 765. The van der Waals surface area contributed by atoms with E-state index in [1.807, 2.05) is 38.6 Å². The highest BCUT2D eigenvalue weighted by Gasteiger charge is 2.52. The molecule has 4 nitrogen and oxygen atoms in total. The van der Waals surface area contributed by atoms with Gasteiger partial charge in [-0.05, 0) is 70.7 Å². The summed E-state index contributed by atoms with van der Waals surface area (Å²) >= 11 is 0. The largest absolute Gasteiger partial charge is 0.498 e. The van der Waals surface area contributed by atoms with Crippen LogP contribution in [0.1, 0.15) is 40.5 Å². The molecule has 0 spiro atoms. The Balaban J connectivity index is 1.72. The summed E-state index contributed by atoms with van der Waals surface area (Å²) < 4.78 is 27.7. The Morgan fingerprint density at radius 1 is 1.12 bits per heavy atom. The van der Waals surface area contributed by atoms with E-state index in [9.17, 15) is 4.39 Å². The van der Waals surface area contributed by atoms with E-state index in [0.717, 1.165) is 23.3 Å². The smallest absolute Gasteiger partial charge is 0.399 e. The number of rotatable bonds is 4. The van der Waals surface area contributed by atoms with E-state index in [1.54, 1.807) is 12.1 Å². The van der Waals surface area contributed by atoms with E-state index in [-0.39, 0.29) is 5.82 Å². The minimum atomic E-state index is -0.474. The minimum Gasteiger partial charge on any atom is -0.399 e. The first-order chi connectivity index (χ1) is 11.7. The standard InChI is InChI=1S/C19H24BFN2O2/c1-18(2)19(3,4)25-20(24-18)16-12-23(11-13-5-6-13)22-17(16)14-7-9-15(21)10-8-14/h7-10,12-13H,5-6,11H2,1-4H3. The number of aromatic nitrogens is 2. The van der Waals surface area contributed by atoms with Gasteiger partial charge in [-0.3, -0.25) is 4.68 Å². The monoisotopic (exact) mass is 342 g/mol. The summed E-state index contributed by atoms with van der Waals surface area (Å²) in [5, 5.41) is 4.76. The van der Waals surface area contributed by atoms with Crippen LogP contribution in [0.25, 0.3) is 11.3 Å². The van der Waals surface area contributed by atoms with Crippen LogP contribution < -0.4 is 5.46 Å². The van der Waals surface area contributed by atoms with Crippen LogP contribution in [-0.2, 0) is 15.9 Å². The summed E-state index contributed by atoms with van der Waals surface area (Å²) in [7, 11) is -0.474. The molecule has 1 aromatic carbocycles. The van der Waals surface area contributed by atoms with Gasteiger partial charge >= 0.3 is 7.12 Å². The molecule has 1 aliphatic heterocycles. The highest BCUT2D eigenvalue weighted by molar-refractivity contribution is 6.63. The molecule has 2 aromatic rings. The van der Waals surface area contributed by atoms with Crippen LogP contribution in [0.15, 0.2) is 30.5 Å². The maximum absolute atomic E-state index is 13.3. The van der Waals surface area contributed by atoms with E-state index in [4.69, 9.17) is 14.4 Å². The zero-order valence-electron chi connectivity index (χ0n) is 15.3. The fourth-order valence-electron chi connectivity index (χ4n) is 3.07. The minimum absolute atomic E-state index is 0.252. The maximum Gasteiger partial charge on any atom is 0.498 e. The van der Waals surface area contributed by atoms with Gasteiger partial charge in [-0.15, -0.1) is 0 Å². The molecule has 2 aliphatic rings. The molecule has 132 valence electrons. The van der Waals surface area contributed by atoms with Crippen molar-refractivity contribution >= 4 is 12.6 Å². The van der Waals surface area contributed by atoms with Crippen molar-refractivity contribution in [2.24, 2.45) is 5.92 Å². The van der Waals surface area contributed by atoms with Crippen molar-refractivity contribution < 1.29 is 13.7 Å². The van der Waals surface area contributed by atoms with E-state index in [0.29, 0.717) is 5.92 Å². The molecule has 2 fully saturated rings. The molecule has 4 rings (SSSR count). The van der Waals surface area contributed by atoms with E-state index in [2.05, 4.69) is 0 Å². The molecule has 1 aliphatic carbocycles. The van der Waals surface area contributed by atoms with Gasteiger partial charge in [0, 0.05) is 23.8 Å². The first-order valence-corrected chi connectivity index (χ1v) is 8.94. The zero-order valence-corrected chi connectivity index (χ0v) is 15.3. The fourth-order valence-corrected chi connectivity index (χ4v) is 3.07. The summed E-state index contributed by atoms with van der Waals surface area (Å²) in [5.41, 5.74) is 1.78. The molecule has 0 unspecified atom stereocenters. The Morgan fingerprint density at radius 2 is 1.72 bits per heavy atom. The lowest BCUT2D eigenvalue weighted by atomic mass is 9.78. The number of halogens is 1. The Labute approximate surface area is 148 Å². The third-order valence-electron chi connectivity index (χ3n) is 5.56. The summed E-state index contributed by atoms with van der Waals surface area (Å²) in [6.45, 7) is 9.07. The van der Waals surface area contributed by atoms with Gasteiger partial charge in [0.05, 0.1) is 16.9 Å². The lowest BCUT2D eigenvalue weighted by Gasteiger charge is -2.32. The summed E-state index contributed by atoms with van der Waals surface area (Å²) in [5.74, 6) is 0.463. The van der Waals surface area contributed by atoms with Gasteiger partial charge in [-0.25, -0.2) is 4.39 Å². The third kappa shape index (κ3) is 3.13. The molecule has 25 heavy (non-hydrogen) atoms. The van der Waals surface area contributed by atoms with Crippen LogP contribution >= 0.6 is 0 Å². The summed E-state index contributed by atoms with van der Waals surface area (Å²) in [6, 6.07) is 6.44. The van der Waals surface area contributed by atoms with Crippen LogP contribution in [0.5, 0.6) is 0 Å². The first-order valence-electron chi connectivity index (χ1n) is 8.94. The van der Waals surface area contributed by atoms with Gasteiger partial charge in [0.1, 0.15) is 5.82 Å². The topological polar surface area (TPSA) is 36.3 Å². The Kier molecular flexibility index (Phi) is 3.81. The number of hydrogen-bond acceptors (Lipinski definition) is 3. The molecule has 1 saturated heterocycles. The van der Waals surface area contributed by atoms with E-state index in [1.165, 1.54) is 25.0 Å². The summed E-state index contributed by atoms with van der Waals surface area (Å²) in [6.07, 6.45) is 4.55. The second-order valence-electron chi connectivity index (χ2n) is 8.19. The van der Waals surface area contributed by atoms with Crippen LogP contribution in [0.2, 0.25) is 0 Å². The number of benzene rings is 1. The lowest BCUT2D eigenvalue weighted by molar-refractivity contribution is 0.00578. The number of nitrogens with zero attached hydrogens (tertiary/aromatic N) is 2. The Hall–Kier alpha value is -1.66. The molecule has 6 heteroatoms. The molecule has 0 radical (unpaired) electrons. The maximum atomic E-state index is 13.3. The van der Waals surface area contributed by atoms with E-state index >= 15 is 0 Å². The SMILES string of the molecule is CC1(C)OB(c2cn(CC3CC3)nc2-c2ccc(F)cc2)OC1(C)C. The van der Waals surface area contributed by atoms with Crippen molar-refractivity contribution in [3.63, 3.8) is 0 Å². The molecule has 1 aromatic heterocycles. The quantitative estimate of drug-likeness (QED) is 0.799. The van der Waals surface area contributed by atoms with E-state index < -0.39 is 18.3 Å². The van der Waals surface area contributed by atoms with Crippen LogP contribution in [0.4, 0.5) is 4.39 Å².